The van der Waals surface area contributed by atoms with E-state index in [1.165, 1.54) is 12.1 Å². The van der Waals surface area contributed by atoms with Crippen LogP contribution in [0.5, 0.6) is 5.75 Å². The van der Waals surface area contributed by atoms with E-state index in [2.05, 4.69) is 9.62 Å². The zero-order valence-corrected chi connectivity index (χ0v) is 18.0. The van der Waals surface area contributed by atoms with Gasteiger partial charge in [-0.25, -0.2) is 8.42 Å². The molecule has 0 unspecified atom stereocenters. The minimum atomic E-state index is -3.49. The Balaban J connectivity index is 1.71. The maximum atomic E-state index is 13.0. The molecule has 0 saturated carbocycles. The van der Waals surface area contributed by atoms with Gasteiger partial charge in [-0.2, -0.15) is 0 Å². The van der Waals surface area contributed by atoms with Crippen molar-refractivity contribution in [1.82, 2.24) is 4.90 Å². The van der Waals surface area contributed by atoms with Gasteiger partial charge in [-0.05, 0) is 48.9 Å². The van der Waals surface area contributed by atoms with Crippen LogP contribution in [0.2, 0.25) is 5.02 Å². The number of methoxy groups -OCH3 is 1. The molecule has 1 N–H and O–H groups in total. The van der Waals surface area contributed by atoms with Crippen molar-refractivity contribution in [2.75, 3.05) is 49.2 Å². The third-order valence-electron chi connectivity index (χ3n) is 4.73. The molecule has 1 aliphatic heterocycles. The topological polar surface area (TPSA) is 79.0 Å². The molecule has 0 bridgehead atoms. The highest BCUT2D eigenvalue weighted by Gasteiger charge is 2.21. The van der Waals surface area contributed by atoms with Crippen LogP contribution >= 0.6 is 11.6 Å². The predicted molar refractivity (Wildman–Crippen MR) is 116 cm³/mol. The second kappa shape index (κ2) is 8.92. The van der Waals surface area contributed by atoms with E-state index in [0.29, 0.717) is 25.2 Å². The van der Waals surface area contributed by atoms with Gasteiger partial charge in [0, 0.05) is 37.4 Å². The summed E-state index contributed by atoms with van der Waals surface area (Å²) in [7, 11) is -1.85. The number of halogens is 1. The summed E-state index contributed by atoms with van der Waals surface area (Å²) in [4.78, 5) is 17.0. The fourth-order valence-corrected chi connectivity index (χ4v) is 4.08. The largest absolute Gasteiger partial charge is 0.497 e. The lowest BCUT2D eigenvalue weighted by atomic mass is 10.1. The van der Waals surface area contributed by atoms with E-state index in [-0.39, 0.29) is 16.6 Å². The van der Waals surface area contributed by atoms with Gasteiger partial charge in [0.15, 0.2) is 0 Å². The molecule has 1 aliphatic rings. The number of hydrogen-bond acceptors (Lipinski definition) is 5. The average Bonchev–Trinajstić information content (AvgIpc) is 2.94. The number of sulfonamides is 1. The SMILES string of the molecule is COc1ccc(N2CCCN(C(=O)c3ccc(Cl)c(NS(C)(=O)=O)c3)CC2)cc1. The highest BCUT2D eigenvalue weighted by molar-refractivity contribution is 7.92. The summed E-state index contributed by atoms with van der Waals surface area (Å²) in [5.41, 5.74) is 1.69. The summed E-state index contributed by atoms with van der Waals surface area (Å²) in [6.07, 6.45) is 1.88. The van der Waals surface area contributed by atoms with Gasteiger partial charge in [0.25, 0.3) is 5.91 Å². The molecule has 1 fully saturated rings. The molecular weight excluding hydrogens is 414 g/mol. The van der Waals surface area contributed by atoms with E-state index in [0.717, 1.165) is 30.7 Å². The van der Waals surface area contributed by atoms with E-state index >= 15 is 0 Å². The maximum Gasteiger partial charge on any atom is 0.253 e. The summed E-state index contributed by atoms with van der Waals surface area (Å²) in [6.45, 7) is 2.75. The van der Waals surface area contributed by atoms with E-state index in [9.17, 15) is 13.2 Å². The van der Waals surface area contributed by atoms with Crippen LogP contribution in [-0.4, -0.2) is 58.8 Å². The van der Waals surface area contributed by atoms with E-state index in [1.807, 2.05) is 24.3 Å². The molecule has 1 saturated heterocycles. The number of benzene rings is 2. The third kappa shape index (κ3) is 5.55. The molecule has 0 radical (unpaired) electrons. The minimum absolute atomic E-state index is 0.144. The highest BCUT2D eigenvalue weighted by Crippen LogP contribution is 2.25. The normalized spacial score (nSPS) is 15.0. The van der Waals surface area contributed by atoms with Crippen molar-refractivity contribution in [3.8, 4) is 5.75 Å². The number of hydrogen-bond donors (Lipinski definition) is 1. The van der Waals surface area contributed by atoms with Crippen LogP contribution in [0.4, 0.5) is 11.4 Å². The molecule has 0 spiro atoms. The minimum Gasteiger partial charge on any atom is -0.497 e. The predicted octanol–water partition coefficient (Wildman–Crippen LogP) is 3.07. The maximum absolute atomic E-state index is 13.0. The van der Waals surface area contributed by atoms with Gasteiger partial charge in [-0.3, -0.25) is 9.52 Å². The van der Waals surface area contributed by atoms with Crippen LogP contribution in [0.3, 0.4) is 0 Å². The van der Waals surface area contributed by atoms with Gasteiger partial charge in [0.2, 0.25) is 10.0 Å². The number of ether oxygens (including phenoxy) is 1. The van der Waals surface area contributed by atoms with Crippen molar-refractivity contribution in [3.63, 3.8) is 0 Å². The molecule has 0 aromatic heterocycles. The van der Waals surface area contributed by atoms with Gasteiger partial charge in [0.1, 0.15) is 5.75 Å². The highest BCUT2D eigenvalue weighted by atomic mass is 35.5. The number of amides is 1. The Kier molecular flexibility index (Phi) is 6.54. The molecule has 156 valence electrons. The Labute approximate surface area is 176 Å². The van der Waals surface area contributed by atoms with E-state index < -0.39 is 10.0 Å². The third-order valence-corrected chi connectivity index (χ3v) is 5.65. The molecule has 0 aliphatic carbocycles. The summed E-state index contributed by atoms with van der Waals surface area (Å²) in [5.74, 6) is 0.663. The van der Waals surface area contributed by atoms with Crippen LogP contribution in [0.25, 0.3) is 0 Å². The molecule has 7 nitrogen and oxygen atoms in total. The number of rotatable bonds is 5. The monoisotopic (exact) mass is 437 g/mol. The zero-order chi connectivity index (χ0) is 21.0. The van der Waals surface area contributed by atoms with Crippen molar-refractivity contribution in [1.29, 1.82) is 0 Å². The van der Waals surface area contributed by atoms with Crippen LogP contribution in [0, 0.1) is 0 Å². The lowest BCUT2D eigenvalue weighted by molar-refractivity contribution is 0.0767. The van der Waals surface area contributed by atoms with Crippen molar-refractivity contribution >= 4 is 38.9 Å². The summed E-state index contributed by atoms with van der Waals surface area (Å²) in [5, 5.41) is 0.244. The number of anilines is 2. The molecule has 9 heteroatoms. The van der Waals surface area contributed by atoms with Gasteiger partial charge in [-0.1, -0.05) is 11.6 Å². The second-order valence-electron chi connectivity index (χ2n) is 6.90. The Morgan fingerprint density at radius 3 is 2.45 bits per heavy atom. The first-order chi connectivity index (χ1) is 13.8. The van der Waals surface area contributed by atoms with Crippen LogP contribution in [-0.2, 0) is 10.0 Å². The van der Waals surface area contributed by atoms with Crippen molar-refractivity contribution < 1.29 is 17.9 Å². The fourth-order valence-electron chi connectivity index (χ4n) is 3.29. The lowest BCUT2D eigenvalue weighted by Crippen LogP contribution is -2.35. The van der Waals surface area contributed by atoms with Crippen molar-refractivity contribution in [2.45, 2.75) is 6.42 Å². The molecule has 2 aromatic rings. The molecule has 0 atom stereocenters. The molecule has 2 aromatic carbocycles. The van der Waals surface area contributed by atoms with Crippen molar-refractivity contribution in [2.24, 2.45) is 0 Å². The standard InChI is InChI=1S/C20H24ClN3O4S/c1-28-17-7-5-16(6-8-17)23-10-3-11-24(13-12-23)20(25)15-4-9-18(21)19(14-15)22-29(2,26)27/h4-9,14,22H,3,10-13H2,1-2H3. The number of carbonyl (C=O) groups is 1. The fraction of sp³-hybridized carbons (Fsp3) is 0.350. The molecule has 29 heavy (non-hydrogen) atoms. The molecular formula is C20H24ClN3O4S. The Bertz CT molecular complexity index is 980. The lowest BCUT2D eigenvalue weighted by Gasteiger charge is -2.24. The number of carbonyl (C=O) groups excluding carboxylic acids is 1. The Hall–Kier alpha value is -2.45. The molecule has 1 heterocycles. The Morgan fingerprint density at radius 2 is 1.79 bits per heavy atom. The summed E-state index contributed by atoms with van der Waals surface area (Å²) >= 11 is 6.06. The second-order valence-corrected chi connectivity index (χ2v) is 9.06. The summed E-state index contributed by atoms with van der Waals surface area (Å²) in [6, 6.07) is 12.5. The number of nitrogens with one attached hydrogen (secondary N) is 1. The Morgan fingerprint density at radius 1 is 1.07 bits per heavy atom. The smallest absolute Gasteiger partial charge is 0.253 e. The van der Waals surface area contributed by atoms with Gasteiger partial charge in [-0.15, -0.1) is 0 Å². The van der Waals surface area contributed by atoms with E-state index in [4.69, 9.17) is 16.3 Å². The van der Waals surface area contributed by atoms with Crippen molar-refractivity contribution in [3.05, 3.63) is 53.1 Å². The zero-order valence-electron chi connectivity index (χ0n) is 16.4. The van der Waals surface area contributed by atoms with Crippen LogP contribution in [0.15, 0.2) is 42.5 Å². The first-order valence-corrected chi connectivity index (χ1v) is 11.5. The molecule has 1 amide bonds. The number of nitrogens with zero attached hydrogens (tertiary/aromatic N) is 2. The first-order valence-electron chi connectivity index (χ1n) is 9.22. The van der Waals surface area contributed by atoms with Gasteiger partial charge >= 0.3 is 0 Å². The quantitative estimate of drug-likeness (QED) is 0.777. The van der Waals surface area contributed by atoms with Crippen LogP contribution < -0.4 is 14.4 Å². The van der Waals surface area contributed by atoms with Gasteiger partial charge in [0.05, 0.1) is 24.1 Å². The molecule has 3 rings (SSSR count). The van der Waals surface area contributed by atoms with Crippen LogP contribution in [0.1, 0.15) is 16.8 Å². The van der Waals surface area contributed by atoms with Gasteiger partial charge < -0.3 is 14.5 Å². The first kappa shape index (κ1) is 21.3. The average molecular weight is 438 g/mol. The van der Waals surface area contributed by atoms with E-state index in [1.54, 1.807) is 18.1 Å². The summed E-state index contributed by atoms with van der Waals surface area (Å²) < 4.78 is 30.6.